The fourth-order valence-corrected chi connectivity index (χ4v) is 3.27. The van der Waals surface area contributed by atoms with Crippen molar-refractivity contribution in [1.82, 2.24) is 0 Å². The van der Waals surface area contributed by atoms with Crippen LogP contribution in [0.5, 0.6) is 11.5 Å². The number of aryl methyl sites for hydroxylation is 1. The fraction of sp³-hybridized carbons (Fsp3) is 0.294. The molecular weight excluding hydrogens is 330 g/mol. The molecular formula is C17H18BrNO2. The Morgan fingerprint density at radius 1 is 1.24 bits per heavy atom. The van der Waals surface area contributed by atoms with Gasteiger partial charge in [-0.2, -0.15) is 0 Å². The van der Waals surface area contributed by atoms with Crippen LogP contribution >= 0.6 is 15.9 Å². The number of hydrogen-bond acceptors (Lipinski definition) is 3. The highest BCUT2D eigenvalue weighted by atomic mass is 79.9. The molecule has 110 valence electrons. The van der Waals surface area contributed by atoms with E-state index in [0.717, 1.165) is 33.5 Å². The average molecular weight is 348 g/mol. The summed E-state index contributed by atoms with van der Waals surface area (Å²) in [5.74, 6) is 1.70. The second kappa shape index (κ2) is 5.70. The molecule has 4 heteroatoms. The van der Waals surface area contributed by atoms with Crippen molar-refractivity contribution in [3.8, 4) is 11.5 Å². The third-order valence-electron chi connectivity index (χ3n) is 3.85. The smallest absolute Gasteiger partial charge is 0.133 e. The molecule has 0 amide bonds. The second-order valence-electron chi connectivity index (χ2n) is 5.38. The second-order valence-corrected chi connectivity index (χ2v) is 6.24. The molecule has 0 bridgehead atoms. The van der Waals surface area contributed by atoms with Crippen LogP contribution in [0.15, 0.2) is 40.9 Å². The maximum atomic E-state index is 6.32. The Labute approximate surface area is 133 Å². The van der Waals surface area contributed by atoms with Gasteiger partial charge in [0.05, 0.1) is 11.6 Å². The molecule has 1 aliphatic heterocycles. The Morgan fingerprint density at radius 3 is 2.76 bits per heavy atom. The molecule has 0 spiro atoms. The molecule has 0 saturated heterocycles. The van der Waals surface area contributed by atoms with Gasteiger partial charge >= 0.3 is 0 Å². The molecule has 2 unspecified atom stereocenters. The van der Waals surface area contributed by atoms with E-state index in [4.69, 9.17) is 15.2 Å². The number of fused-ring (bicyclic) bond motifs is 1. The van der Waals surface area contributed by atoms with Crippen LogP contribution in [0.2, 0.25) is 0 Å². The van der Waals surface area contributed by atoms with E-state index in [9.17, 15) is 0 Å². The van der Waals surface area contributed by atoms with Gasteiger partial charge in [0.1, 0.15) is 17.6 Å². The van der Waals surface area contributed by atoms with Gasteiger partial charge in [0, 0.05) is 18.0 Å². The summed E-state index contributed by atoms with van der Waals surface area (Å²) in [6.07, 6.45) is 0.743. The highest BCUT2D eigenvalue weighted by Gasteiger charge is 2.27. The first-order valence-electron chi connectivity index (χ1n) is 6.94. The third kappa shape index (κ3) is 2.78. The molecule has 3 rings (SSSR count). The molecule has 0 aliphatic carbocycles. The number of nitrogens with two attached hydrogens (primary N) is 1. The molecule has 2 atom stereocenters. The van der Waals surface area contributed by atoms with Crippen molar-refractivity contribution >= 4 is 15.9 Å². The number of ether oxygens (including phenoxy) is 2. The first-order valence-corrected chi connectivity index (χ1v) is 7.74. The molecule has 3 nitrogen and oxygen atoms in total. The zero-order chi connectivity index (χ0) is 15.0. The van der Waals surface area contributed by atoms with Gasteiger partial charge in [-0.15, -0.1) is 0 Å². The van der Waals surface area contributed by atoms with E-state index < -0.39 is 0 Å². The highest BCUT2D eigenvalue weighted by Crippen LogP contribution is 2.41. The van der Waals surface area contributed by atoms with Crippen LogP contribution in [0.3, 0.4) is 0 Å². The average Bonchev–Trinajstić information content (AvgIpc) is 2.47. The standard InChI is InChI=1S/C17H18BrNO2/c1-10-3-5-15-12(7-10)14(19)9-17(21-15)11-4-6-16(20-2)13(18)8-11/h3-8,14,17H,9,19H2,1-2H3. The number of hydrogen-bond donors (Lipinski definition) is 1. The molecule has 0 radical (unpaired) electrons. The van der Waals surface area contributed by atoms with Crippen LogP contribution in [-0.2, 0) is 0 Å². The van der Waals surface area contributed by atoms with E-state index in [1.165, 1.54) is 5.56 Å². The number of benzene rings is 2. The Bertz CT molecular complexity index is 672. The van der Waals surface area contributed by atoms with Crippen molar-refractivity contribution < 1.29 is 9.47 Å². The van der Waals surface area contributed by atoms with E-state index in [1.54, 1.807) is 7.11 Å². The van der Waals surface area contributed by atoms with Crippen molar-refractivity contribution in [3.05, 3.63) is 57.6 Å². The monoisotopic (exact) mass is 347 g/mol. The Balaban J connectivity index is 1.92. The van der Waals surface area contributed by atoms with Gasteiger partial charge in [-0.05, 0) is 46.6 Å². The summed E-state index contributed by atoms with van der Waals surface area (Å²) in [5, 5.41) is 0. The number of methoxy groups -OCH3 is 1. The molecule has 2 aromatic rings. The molecule has 0 aromatic heterocycles. The van der Waals surface area contributed by atoms with Gasteiger partial charge in [-0.1, -0.05) is 23.8 Å². The normalized spacial score (nSPS) is 20.6. The highest BCUT2D eigenvalue weighted by molar-refractivity contribution is 9.10. The Hall–Kier alpha value is -1.52. The van der Waals surface area contributed by atoms with Gasteiger partial charge in [0.25, 0.3) is 0 Å². The van der Waals surface area contributed by atoms with Crippen LogP contribution in [0, 0.1) is 6.92 Å². The summed E-state index contributed by atoms with van der Waals surface area (Å²) in [7, 11) is 1.66. The lowest BCUT2D eigenvalue weighted by Crippen LogP contribution is -2.24. The van der Waals surface area contributed by atoms with Gasteiger partial charge in [0.15, 0.2) is 0 Å². The summed E-state index contributed by atoms with van der Waals surface area (Å²) in [4.78, 5) is 0. The number of halogens is 1. The minimum atomic E-state index is -0.0302. The predicted molar refractivity (Wildman–Crippen MR) is 86.8 cm³/mol. The van der Waals surface area contributed by atoms with E-state index in [-0.39, 0.29) is 12.1 Å². The lowest BCUT2D eigenvalue weighted by atomic mass is 9.92. The fourth-order valence-electron chi connectivity index (χ4n) is 2.71. The van der Waals surface area contributed by atoms with Crippen LogP contribution in [-0.4, -0.2) is 7.11 Å². The molecule has 2 aromatic carbocycles. The van der Waals surface area contributed by atoms with E-state index in [0.29, 0.717) is 0 Å². The van der Waals surface area contributed by atoms with Crippen LogP contribution < -0.4 is 15.2 Å². The summed E-state index contributed by atoms with van der Waals surface area (Å²) < 4.78 is 12.3. The quantitative estimate of drug-likeness (QED) is 0.881. The van der Waals surface area contributed by atoms with Gasteiger partial charge in [-0.25, -0.2) is 0 Å². The summed E-state index contributed by atoms with van der Waals surface area (Å²) >= 11 is 3.52. The van der Waals surface area contributed by atoms with E-state index >= 15 is 0 Å². The van der Waals surface area contributed by atoms with Gasteiger partial charge < -0.3 is 15.2 Å². The minimum absolute atomic E-state index is 0.000438. The zero-order valence-corrected chi connectivity index (χ0v) is 13.7. The van der Waals surface area contributed by atoms with Crippen molar-refractivity contribution in [2.45, 2.75) is 25.5 Å². The molecule has 1 aliphatic rings. The maximum Gasteiger partial charge on any atom is 0.133 e. The van der Waals surface area contributed by atoms with Crippen molar-refractivity contribution in [3.63, 3.8) is 0 Å². The summed E-state index contributed by atoms with van der Waals surface area (Å²) in [6, 6.07) is 12.2. The lowest BCUT2D eigenvalue weighted by Gasteiger charge is -2.31. The maximum absolute atomic E-state index is 6.32. The van der Waals surface area contributed by atoms with Crippen molar-refractivity contribution in [2.24, 2.45) is 5.73 Å². The predicted octanol–water partition coefficient (Wildman–Crippen LogP) is 4.29. The topological polar surface area (TPSA) is 44.5 Å². The van der Waals surface area contributed by atoms with Crippen LogP contribution in [0.4, 0.5) is 0 Å². The van der Waals surface area contributed by atoms with Crippen LogP contribution in [0.25, 0.3) is 0 Å². The number of rotatable bonds is 2. The summed E-state index contributed by atoms with van der Waals surface area (Å²) in [5.41, 5.74) is 9.72. The van der Waals surface area contributed by atoms with Crippen LogP contribution in [0.1, 0.15) is 35.3 Å². The van der Waals surface area contributed by atoms with E-state index in [1.807, 2.05) is 24.3 Å². The minimum Gasteiger partial charge on any atom is -0.496 e. The molecule has 1 heterocycles. The first-order chi connectivity index (χ1) is 10.1. The largest absolute Gasteiger partial charge is 0.496 e. The van der Waals surface area contributed by atoms with E-state index in [2.05, 4.69) is 35.0 Å². The Morgan fingerprint density at radius 2 is 2.05 bits per heavy atom. The lowest BCUT2D eigenvalue weighted by molar-refractivity contribution is 0.161. The van der Waals surface area contributed by atoms with Gasteiger partial charge in [0.2, 0.25) is 0 Å². The molecule has 0 fully saturated rings. The van der Waals surface area contributed by atoms with Crippen molar-refractivity contribution in [1.29, 1.82) is 0 Å². The molecule has 2 N–H and O–H groups in total. The third-order valence-corrected chi connectivity index (χ3v) is 4.47. The van der Waals surface area contributed by atoms with Gasteiger partial charge in [-0.3, -0.25) is 0 Å². The Kier molecular flexibility index (Phi) is 3.91. The molecule has 0 saturated carbocycles. The molecule has 21 heavy (non-hydrogen) atoms. The summed E-state index contributed by atoms with van der Waals surface area (Å²) in [6.45, 7) is 2.07. The van der Waals surface area contributed by atoms with Crippen molar-refractivity contribution in [2.75, 3.05) is 7.11 Å². The SMILES string of the molecule is COc1ccc(C2CC(N)c3cc(C)ccc3O2)cc1Br. The zero-order valence-electron chi connectivity index (χ0n) is 12.1. The first kappa shape index (κ1) is 14.4.